The molecule has 0 saturated heterocycles. The van der Waals surface area contributed by atoms with E-state index in [1.807, 2.05) is 48.8 Å². The van der Waals surface area contributed by atoms with Crippen LogP contribution in [-0.2, 0) is 0 Å². The molecule has 0 aliphatic carbocycles. The summed E-state index contributed by atoms with van der Waals surface area (Å²) in [6, 6.07) is 9.70. The number of rotatable bonds is 4. The van der Waals surface area contributed by atoms with Crippen LogP contribution in [0.2, 0.25) is 0 Å². The third-order valence-electron chi connectivity index (χ3n) is 4.83. The number of nitrogens with zero attached hydrogens (tertiary/aromatic N) is 6. The SMILES string of the molecule is Cc1ncc(N2CC=C(c3nccs3)CC2)nc1-c1nnc(-c2ccccc2)o1. The fourth-order valence-electron chi connectivity index (χ4n) is 3.26. The third kappa shape index (κ3) is 3.54. The lowest BCUT2D eigenvalue weighted by molar-refractivity contribution is 0.581. The quantitative estimate of drug-likeness (QED) is 0.505. The highest BCUT2D eigenvalue weighted by Crippen LogP contribution is 2.28. The standard InChI is InChI=1S/C21H18N6OS/c1-14-18(20-26-25-19(28-20)15-5-3-2-4-6-15)24-17(13-23-14)27-10-7-16(8-11-27)21-22-9-12-29-21/h2-7,9,12-13H,8,10-11H2,1H3. The molecule has 0 bridgehead atoms. The zero-order valence-electron chi connectivity index (χ0n) is 15.8. The van der Waals surface area contributed by atoms with Crippen LogP contribution in [0.3, 0.4) is 0 Å². The molecule has 0 spiro atoms. The minimum Gasteiger partial charge on any atom is -0.415 e. The van der Waals surface area contributed by atoms with Gasteiger partial charge in [0.15, 0.2) is 5.69 Å². The second kappa shape index (κ2) is 7.56. The molecule has 4 heterocycles. The molecule has 1 aliphatic heterocycles. The first kappa shape index (κ1) is 17.7. The van der Waals surface area contributed by atoms with Gasteiger partial charge in [0.25, 0.3) is 5.89 Å². The van der Waals surface area contributed by atoms with Crippen molar-refractivity contribution in [3.8, 4) is 23.0 Å². The lowest BCUT2D eigenvalue weighted by Crippen LogP contribution is -2.29. The fourth-order valence-corrected chi connectivity index (χ4v) is 3.97. The average Bonchev–Trinajstić information content (AvgIpc) is 3.48. The number of aryl methyl sites for hydroxylation is 1. The molecule has 3 aromatic heterocycles. The summed E-state index contributed by atoms with van der Waals surface area (Å²) in [5, 5.41) is 11.5. The van der Waals surface area contributed by atoms with Crippen LogP contribution < -0.4 is 4.90 Å². The molecule has 1 aromatic carbocycles. The first-order valence-corrected chi connectivity index (χ1v) is 10.2. The van der Waals surface area contributed by atoms with E-state index in [9.17, 15) is 0 Å². The molecule has 8 heteroatoms. The Hall–Kier alpha value is -3.39. The molecule has 1 aliphatic rings. The van der Waals surface area contributed by atoms with Crippen LogP contribution >= 0.6 is 11.3 Å². The van der Waals surface area contributed by atoms with Gasteiger partial charge in [-0.1, -0.05) is 24.3 Å². The van der Waals surface area contributed by atoms with E-state index in [4.69, 9.17) is 9.40 Å². The molecular weight excluding hydrogens is 384 g/mol. The molecule has 29 heavy (non-hydrogen) atoms. The highest BCUT2D eigenvalue weighted by atomic mass is 32.1. The Morgan fingerprint density at radius 3 is 2.69 bits per heavy atom. The minimum absolute atomic E-state index is 0.381. The predicted molar refractivity (Wildman–Crippen MR) is 112 cm³/mol. The summed E-state index contributed by atoms with van der Waals surface area (Å²) >= 11 is 1.68. The van der Waals surface area contributed by atoms with Gasteiger partial charge in [0.05, 0.1) is 11.9 Å². The van der Waals surface area contributed by atoms with E-state index in [1.54, 1.807) is 17.5 Å². The van der Waals surface area contributed by atoms with Crippen molar-refractivity contribution in [3.63, 3.8) is 0 Å². The second-order valence-corrected chi connectivity index (χ2v) is 7.60. The number of benzene rings is 1. The Morgan fingerprint density at radius 2 is 1.93 bits per heavy atom. The molecule has 7 nitrogen and oxygen atoms in total. The maximum atomic E-state index is 5.88. The summed E-state index contributed by atoms with van der Waals surface area (Å²) in [4.78, 5) is 15.9. The average molecular weight is 402 g/mol. The summed E-state index contributed by atoms with van der Waals surface area (Å²) in [6.45, 7) is 3.53. The molecule has 5 rings (SSSR count). The van der Waals surface area contributed by atoms with Crippen LogP contribution in [0, 0.1) is 6.92 Å². The Morgan fingerprint density at radius 1 is 1.07 bits per heavy atom. The summed E-state index contributed by atoms with van der Waals surface area (Å²) in [6.07, 6.45) is 6.79. The van der Waals surface area contributed by atoms with Crippen LogP contribution in [0.15, 0.2) is 58.6 Å². The van der Waals surface area contributed by atoms with Gasteiger partial charge in [0.1, 0.15) is 10.8 Å². The molecule has 0 fully saturated rings. The van der Waals surface area contributed by atoms with Gasteiger partial charge in [-0.05, 0) is 31.1 Å². The van der Waals surface area contributed by atoms with Gasteiger partial charge in [-0.3, -0.25) is 4.98 Å². The number of hydrogen-bond acceptors (Lipinski definition) is 8. The Bertz CT molecular complexity index is 1150. The largest absolute Gasteiger partial charge is 0.415 e. The summed E-state index contributed by atoms with van der Waals surface area (Å²) < 4.78 is 5.88. The van der Waals surface area contributed by atoms with Crippen molar-refractivity contribution >= 4 is 22.7 Å². The van der Waals surface area contributed by atoms with Crippen molar-refractivity contribution in [2.24, 2.45) is 0 Å². The van der Waals surface area contributed by atoms with Crippen LogP contribution in [0.25, 0.3) is 28.6 Å². The molecule has 0 amide bonds. The maximum absolute atomic E-state index is 5.88. The maximum Gasteiger partial charge on any atom is 0.268 e. The van der Waals surface area contributed by atoms with E-state index in [1.165, 1.54) is 5.57 Å². The Kier molecular flexibility index (Phi) is 4.61. The molecule has 144 valence electrons. The van der Waals surface area contributed by atoms with Crippen molar-refractivity contribution in [1.82, 2.24) is 25.1 Å². The molecule has 0 N–H and O–H groups in total. The normalized spacial score (nSPS) is 14.1. The van der Waals surface area contributed by atoms with Crippen molar-refractivity contribution in [2.45, 2.75) is 13.3 Å². The van der Waals surface area contributed by atoms with Gasteiger partial charge in [0, 0.05) is 30.2 Å². The lowest BCUT2D eigenvalue weighted by atomic mass is 10.1. The van der Waals surface area contributed by atoms with Gasteiger partial charge >= 0.3 is 0 Å². The lowest BCUT2D eigenvalue weighted by Gasteiger charge is -2.26. The summed E-state index contributed by atoms with van der Waals surface area (Å²) in [5.74, 6) is 1.66. The van der Waals surface area contributed by atoms with E-state index in [0.29, 0.717) is 17.5 Å². The number of hydrogen-bond donors (Lipinski definition) is 0. The van der Waals surface area contributed by atoms with E-state index in [2.05, 4.69) is 31.1 Å². The number of thiazole rings is 1. The first-order chi connectivity index (χ1) is 14.3. The zero-order valence-corrected chi connectivity index (χ0v) is 16.6. The van der Waals surface area contributed by atoms with Crippen molar-refractivity contribution in [3.05, 3.63) is 64.9 Å². The minimum atomic E-state index is 0.381. The van der Waals surface area contributed by atoms with Crippen LogP contribution in [-0.4, -0.2) is 38.2 Å². The Labute approximate surface area is 171 Å². The van der Waals surface area contributed by atoms with Crippen LogP contribution in [0.4, 0.5) is 5.82 Å². The van der Waals surface area contributed by atoms with Gasteiger partial charge in [-0.15, -0.1) is 21.5 Å². The van der Waals surface area contributed by atoms with Crippen molar-refractivity contribution < 1.29 is 4.42 Å². The predicted octanol–water partition coefficient (Wildman–Crippen LogP) is 4.25. The Balaban J connectivity index is 1.41. The molecule has 0 unspecified atom stereocenters. The molecule has 0 atom stereocenters. The van der Waals surface area contributed by atoms with Gasteiger partial charge in [-0.2, -0.15) is 0 Å². The third-order valence-corrected chi connectivity index (χ3v) is 5.68. The monoisotopic (exact) mass is 402 g/mol. The van der Waals surface area contributed by atoms with E-state index >= 15 is 0 Å². The van der Waals surface area contributed by atoms with Gasteiger partial charge < -0.3 is 9.32 Å². The first-order valence-electron chi connectivity index (χ1n) is 9.35. The molecule has 0 radical (unpaired) electrons. The van der Waals surface area contributed by atoms with Crippen molar-refractivity contribution in [1.29, 1.82) is 0 Å². The second-order valence-electron chi connectivity index (χ2n) is 6.70. The summed E-state index contributed by atoms with van der Waals surface area (Å²) in [5.41, 5.74) is 3.55. The van der Waals surface area contributed by atoms with Crippen LogP contribution in [0.1, 0.15) is 17.1 Å². The highest BCUT2D eigenvalue weighted by molar-refractivity contribution is 7.10. The van der Waals surface area contributed by atoms with E-state index in [0.717, 1.165) is 41.6 Å². The molecule has 0 saturated carbocycles. The highest BCUT2D eigenvalue weighted by Gasteiger charge is 2.20. The van der Waals surface area contributed by atoms with Gasteiger partial charge in [-0.25, -0.2) is 9.97 Å². The van der Waals surface area contributed by atoms with Gasteiger partial charge in [0.2, 0.25) is 5.89 Å². The fraction of sp³-hybridized carbons (Fsp3) is 0.190. The molecular formula is C21H18N6OS. The zero-order chi connectivity index (χ0) is 19.6. The topological polar surface area (TPSA) is 80.8 Å². The van der Waals surface area contributed by atoms with E-state index in [-0.39, 0.29) is 0 Å². The van der Waals surface area contributed by atoms with E-state index < -0.39 is 0 Å². The smallest absolute Gasteiger partial charge is 0.268 e. The number of aromatic nitrogens is 5. The molecule has 4 aromatic rings. The van der Waals surface area contributed by atoms with Crippen molar-refractivity contribution in [2.75, 3.05) is 18.0 Å². The summed E-state index contributed by atoms with van der Waals surface area (Å²) in [7, 11) is 0. The number of anilines is 1. The van der Waals surface area contributed by atoms with Crippen LogP contribution in [0.5, 0.6) is 0 Å².